The maximum absolute atomic E-state index is 13.3. The van der Waals surface area contributed by atoms with Crippen molar-refractivity contribution in [1.29, 1.82) is 0 Å². The number of benzene rings is 2. The zero-order chi connectivity index (χ0) is 24.0. The molecule has 1 amide bonds. The smallest absolute Gasteiger partial charge is 0.295 e. The molecule has 5 rings (SSSR count). The topological polar surface area (TPSA) is 74.9 Å². The summed E-state index contributed by atoms with van der Waals surface area (Å²) >= 11 is 12.4. The predicted octanol–water partition coefficient (Wildman–Crippen LogP) is 5.57. The highest BCUT2D eigenvalue weighted by atomic mass is 35.5. The van der Waals surface area contributed by atoms with Gasteiger partial charge in [0.15, 0.2) is 5.76 Å². The number of nitrogens with zero attached hydrogens (tertiary/aromatic N) is 3. The van der Waals surface area contributed by atoms with Crippen LogP contribution in [0.2, 0.25) is 10.0 Å². The quantitative estimate of drug-likeness (QED) is 0.230. The van der Waals surface area contributed by atoms with Crippen LogP contribution in [0.15, 0.2) is 78.5 Å². The van der Waals surface area contributed by atoms with E-state index in [1.807, 2.05) is 36.4 Å². The van der Waals surface area contributed by atoms with Crippen LogP contribution in [0.4, 0.5) is 0 Å². The van der Waals surface area contributed by atoms with E-state index in [-0.39, 0.29) is 22.9 Å². The summed E-state index contributed by atoms with van der Waals surface area (Å²) in [6.45, 7) is 1.93. The summed E-state index contributed by atoms with van der Waals surface area (Å²) in [4.78, 5) is 32.5. The summed E-state index contributed by atoms with van der Waals surface area (Å²) < 4.78 is 1.70. The first-order valence-electron chi connectivity index (χ1n) is 10.6. The standard InChI is InChI=1S/C26H19Cl2N3O3/c1-15-22(30-12-6-5-9-20(30)29-15)24(32)21-23(17-10-11-18(27)19(28)13-17)31(26(34)25(21)33)14-16-7-3-2-4-8-16/h2-13,23,32H,14H2,1H3/b24-21+. The van der Waals surface area contributed by atoms with Crippen LogP contribution in [-0.2, 0) is 16.1 Å². The molecule has 170 valence electrons. The Morgan fingerprint density at radius 1 is 1.00 bits per heavy atom. The van der Waals surface area contributed by atoms with Crippen molar-refractivity contribution in [1.82, 2.24) is 14.3 Å². The van der Waals surface area contributed by atoms with E-state index in [0.717, 1.165) is 5.56 Å². The molecule has 1 fully saturated rings. The van der Waals surface area contributed by atoms with Crippen molar-refractivity contribution in [2.45, 2.75) is 19.5 Å². The first-order valence-corrected chi connectivity index (χ1v) is 11.3. The molecule has 1 unspecified atom stereocenters. The number of fused-ring (bicyclic) bond motifs is 1. The largest absolute Gasteiger partial charge is 0.505 e. The van der Waals surface area contributed by atoms with Gasteiger partial charge in [-0.1, -0.05) is 65.7 Å². The lowest BCUT2D eigenvalue weighted by atomic mass is 9.96. The van der Waals surface area contributed by atoms with Gasteiger partial charge in [-0.25, -0.2) is 4.98 Å². The molecule has 0 aliphatic carbocycles. The van der Waals surface area contributed by atoms with Crippen LogP contribution in [-0.4, -0.2) is 31.1 Å². The van der Waals surface area contributed by atoms with Crippen molar-refractivity contribution < 1.29 is 14.7 Å². The average Bonchev–Trinajstić information content (AvgIpc) is 3.29. The van der Waals surface area contributed by atoms with Gasteiger partial charge in [0.05, 0.1) is 27.4 Å². The highest BCUT2D eigenvalue weighted by Crippen LogP contribution is 2.42. The second-order valence-corrected chi connectivity index (χ2v) is 8.88. The SMILES string of the molecule is Cc1nc2ccccn2c1/C(O)=C1\C(=O)C(=O)N(Cc2ccccc2)C1c1ccc(Cl)c(Cl)c1. The predicted molar refractivity (Wildman–Crippen MR) is 131 cm³/mol. The lowest BCUT2D eigenvalue weighted by molar-refractivity contribution is -0.140. The molecule has 0 bridgehead atoms. The number of rotatable bonds is 4. The number of hydrogen-bond acceptors (Lipinski definition) is 4. The molecular formula is C26H19Cl2N3O3. The van der Waals surface area contributed by atoms with Crippen LogP contribution in [0.3, 0.4) is 0 Å². The molecule has 0 spiro atoms. The molecule has 34 heavy (non-hydrogen) atoms. The Morgan fingerprint density at radius 3 is 2.47 bits per heavy atom. The molecule has 1 saturated heterocycles. The molecule has 1 atom stereocenters. The number of ketones is 1. The van der Waals surface area contributed by atoms with Gasteiger partial charge in [0.25, 0.3) is 11.7 Å². The van der Waals surface area contributed by atoms with Gasteiger partial charge in [0.2, 0.25) is 0 Å². The van der Waals surface area contributed by atoms with E-state index in [1.54, 1.807) is 47.9 Å². The van der Waals surface area contributed by atoms with Crippen LogP contribution < -0.4 is 0 Å². The Kier molecular flexibility index (Phi) is 5.63. The third-order valence-corrected chi connectivity index (χ3v) is 6.66. The Balaban J connectivity index is 1.73. The molecule has 1 aliphatic heterocycles. The minimum absolute atomic E-state index is 0.0203. The summed E-state index contributed by atoms with van der Waals surface area (Å²) in [5, 5.41) is 12.1. The number of Topliss-reactive ketones (excluding diaryl/α,β-unsaturated/α-hetero) is 1. The maximum atomic E-state index is 13.3. The van der Waals surface area contributed by atoms with Gasteiger partial charge in [-0.3, -0.25) is 14.0 Å². The third-order valence-electron chi connectivity index (χ3n) is 5.92. The molecule has 8 heteroatoms. The lowest BCUT2D eigenvalue weighted by Gasteiger charge is -2.25. The molecule has 4 aromatic rings. The van der Waals surface area contributed by atoms with E-state index in [4.69, 9.17) is 23.2 Å². The Morgan fingerprint density at radius 2 is 1.74 bits per heavy atom. The number of halogens is 2. The van der Waals surface area contributed by atoms with Crippen molar-refractivity contribution >= 4 is 46.3 Å². The number of aromatic nitrogens is 2. The molecular weight excluding hydrogens is 473 g/mol. The van der Waals surface area contributed by atoms with Gasteiger partial charge >= 0.3 is 0 Å². The number of aliphatic hydroxyl groups is 1. The van der Waals surface area contributed by atoms with E-state index in [9.17, 15) is 14.7 Å². The van der Waals surface area contributed by atoms with Gasteiger partial charge in [-0.2, -0.15) is 0 Å². The van der Waals surface area contributed by atoms with Crippen molar-refractivity contribution in [2.24, 2.45) is 0 Å². The number of imidazole rings is 1. The number of amides is 1. The zero-order valence-corrected chi connectivity index (χ0v) is 19.6. The fourth-order valence-electron chi connectivity index (χ4n) is 4.38. The fourth-order valence-corrected chi connectivity index (χ4v) is 4.69. The molecule has 1 N–H and O–H groups in total. The minimum atomic E-state index is -0.858. The summed E-state index contributed by atoms with van der Waals surface area (Å²) in [6, 6.07) is 18.9. The van der Waals surface area contributed by atoms with Crippen molar-refractivity contribution in [3.8, 4) is 0 Å². The Hall–Kier alpha value is -3.61. The van der Waals surface area contributed by atoms with E-state index in [2.05, 4.69) is 4.98 Å². The summed E-state index contributed by atoms with van der Waals surface area (Å²) in [5.74, 6) is -1.76. The first kappa shape index (κ1) is 22.2. The van der Waals surface area contributed by atoms with E-state index in [0.29, 0.717) is 27.6 Å². The first-order chi connectivity index (χ1) is 16.4. The molecule has 1 aliphatic rings. The summed E-state index contributed by atoms with van der Waals surface area (Å²) in [5.41, 5.74) is 2.90. The number of likely N-dealkylation sites (tertiary alicyclic amines) is 1. The number of pyridine rings is 1. The highest BCUT2D eigenvalue weighted by Gasteiger charge is 2.46. The van der Waals surface area contributed by atoms with E-state index >= 15 is 0 Å². The lowest BCUT2D eigenvalue weighted by Crippen LogP contribution is -2.29. The fraction of sp³-hybridized carbons (Fsp3) is 0.115. The second-order valence-electron chi connectivity index (χ2n) is 8.06. The van der Waals surface area contributed by atoms with Crippen LogP contribution in [0, 0.1) is 6.92 Å². The minimum Gasteiger partial charge on any atom is -0.505 e. The number of aryl methyl sites for hydroxylation is 1. The average molecular weight is 492 g/mol. The van der Waals surface area contributed by atoms with Crippen LogP contribution in [0.5, 0.6) is 0 Å². The molecule has 0 radical (unpaired) electrons. The van der Waals surface area contributed by atoms with Crippen molar-refractivity contribution in [3.63, 3.8) is 0 Å². The van der Waals surface area contributed by atoms with E-state index in [1.165, 1.54) is 4.90 Å². The second kappa shape index (κ2) is 8.63. The number of carbonyl (C=O) groups is 2. The molecule has 3 heterocycles. The molecule has 2 aromatic carbocycles. The monoisotopic (exact) mass is 491 g/mol. The number of hydrogen-bond donors (Lipinski definition) is 1. The van der Waals surface area contributed by atoms with Crippen molar-refractivity contribution in [3.05, 3.63) is 111 Å². The summed E-state index contributed by atoms with van der Waals surface area (Å²) in [7, 11) is 0. The van der Waals surface area contributed by atoms with Crippen LogP contribution >= 0.6 is 23.2 Å². The Bertz CT molecular complexity index is 1480. The normalized spacial score (nSPS) is 17.6. The number of aliphatic hydroxyl groups excluding tert-OH is 1. The van der Waals surface area contributed by atoms with Gasteiger partial charge in [-0.05, 0) is 42.3 Å². The van der Waals surface area contributed by atoms with Crippen LogP contribution in [0.1, 0.15) is 28.6 Å². The zero-order valence-electron chi connectivity index (χ0n) is 18.1. The van der Waals surface area contributed by atoms with Gasteiger partial charge in [0, 0.05) is 12.7 Å². The molecule has 6 nitrogen and oxygen atoms in total. The van der Waals surface area contributed by atoms with Gasteiger partial charge in [0.1, 0.15) is 11.3 Å². The third kappa shape index (κ3) is 3.65. The van der Waals surface area contributed by atoms with Gasteiger partial charge in [-0.15, -0.1) is 0 Å². The number of carbonyl (C=O) groups excluding carboxylic acids is 2. The molecule has 2 aromatic heterocycles. The summed E-state index contributed by atoms with van der Waals surface area (Å²) in [6.07, 6.45) is 1.75. The van der Waals surface area contributed by atoms with Crippen LogP contribution in [0.25, 0.3) is 11.4 Å². The van der Waals surface area contributed by atoms with E-state index < -0.39 is 17.7 Å². The highest BCUT2D eigenvalue weighted by molar-refractivity contribution is 6.46. The van der Waals surface area contributed by atoms with Gasteiger partial charge < -0.3 is 10.0 Å². The van der Waals surface area contributed by atoms with Crippen molar-refractivity contribution in [2.75, 3.05) is 0 Å². The molecule has 0 saturated carbocycles. The maximum Gasteiger partial charge on any atom is 0.295 e. The Labute approximate surface area is 205 Å².